The summed E-state index contributed by atoms with van der Waals surface area (Å²) in [6, 6.07) is 11.7. The largest absolute Gasteiger partial charge is 0.347 e. The zero-order valence-electron chi connectivity index (χ0n) is 16.2. The van der Waals surface area contributed by atoms with Crippen molar-refractivity contribution >= 4 is 23.5 Å². The Labute approximate surface area is 169 Å². The Morgan fingerprint density at radius 2 is 1.82 bits per heavy atom. The van der Waals surface area contributed by atoms with Crippen LogP contribution in [0.4, 0.5) is 0 Å². The molecule has 146 valence electrons. The van der Waals surface area contributed by atoms with Crippen molar-refractivity contribution in [2.45, 2.75) is 48.7 Å². The van der Waals surface area contributed by atoms with Crippen molar-refractivity contribution in [1.82, 2.24) is 15.2 Å². The number of rotatable bonds is 5. The number of pyridine rings is 1. The Morgan fingerprint density at radius 1 is 1.11 bits per heavy atom. The van der Waals surface area contributed by atoms with Gasteiger partial charge in [0.05, 0.1) is 0 Å². The topological polar surface area (TPSA) is 62.3 Å². The molecule has 5 nitrogen and oxygen atoms in total. The predicted molar refractivity (Wildman–Crippen MR) is 110 cm³/mol. The first kappa shape index (κ1) is 19.2. The van der Waals surface area contributed by atoms with Crippen LogP contribution >= 0.6 is 11.8 Å². The van der Waals surface area contributed by atoms with Crippen molar-refractivity contribution in [2.24, 2.45) is 5.92 Å². The summed E-state index contributed by atoms with van der Waals surface area (Å²) in [6.45, 7) is 6.08. The molecule has 4 heterocycles. The van der Waals surface area contributed by atoms with Gasteiger partial charge in [-0.25, -0.2) is 4.98 Å². The molecule has 3 aliphatic rings. The number of hydrogen-bond donors (Lipinski definition) is 1. The van der Waals surface area contributed by atoms with Gasteiger partial charge in [-0.3, -0.25) is 14.5 Å². The zero-order valence-corrected chi connectivity index (χ0v) is 17.0. The zero-order chi connectivity index (χ0) is 19.7. The van der Waals surface area contributed by atoms with Crippen molar-refractivity contribution in [3.05, 3.63) is 53.7 Å². The summed E-state index contributed by atoms with van der Waals surface area (Å²) in [4.78, 5) is 32.0. The van der Waals surface area contributed by atoms with Gasteiger partial charge in [-0.15, -0.1) is 0 Å². The smallest absolute Gasteiger partial charge is 0.251 e. The van der Waals surface area contributed by atoms with Gasteiger partial charge in [0.1, 0.15) is 5.03 Å². The van der Waals surface area contributed by atoms with E-state index in [1.54, 1.807) is 25.3 Å². The highest BCUT2D eigenvalue weighted by atomic mass is 32.2. The van der Waals surface area contributed by atoms with Gasteiger partial charge in [-0.2, -0.15) is 0 Å². The highest BCUT2D eigenvalue weighted by molar-refractivity contribution is 7.99. The fourth-order valence-electron chi connectivity index (χ4n) is 4.26. The lowest BCUT2D eigenvalue weighted by Gasteiger charge is -2.49. The minimum atomic E-state index is -0.00106. The monoisotopic (exact) mass is 395 g/mol. The normalized spacial score (nSPS) is 26.1. The molecule has 3 fully saturated rings. The Morgan fingerprint density at radius 3 is 2.46 bits per heavy atom. The van der Waals surface area contributed by atoms with Crippen molar-refractivity contribution in [3.63, 3.8) is 0 Å². The fraction of sp³-hybridized carbons (Fsp3) is 0.409. The van der Waals surface area contributed by atoms with E-state index in [1.807, 2.05) is 24.3 Å². The molecular weight excluding hydrogens is 370 g/mol. The number of piperidine rings is 3. The predicted octanol–water partition coefficient (Wildman–Crippen LogP) is 3.65. The molecule has 1 aromatic heterocycles. The second-order valence-electron chi connectivity index (χ2n) is 7.68. The summed E-state index contributed by atoms with van der Waals surface area (Å²) >= 11 is 1.48. The average molecular weight is 396 g/mol. The number of hydrogen-bond acceptors (Lipinski definition) is 5. The highest BCUT2D eigenvalue weighted by Crippen LogP contribution is 2.32. The highest BCUT2D eigenvalue weighted by Gasteiger charge is 2.40. The number of nitrogens with one attached hydrogen (secondary N) is 1. The van der Waals surface area contributed by atoms with E-state index in [1.165, 1.54) is 24.6 Å². The van der Waals surface area contributed by atoms with E-state index in [2.05, 4.69) is 22.1 Å². The second-order valence-corrected chi connectivity index (χ2v) is 8.77. The number of aromatic nitrogens is 1. The van der Waals surface area contributed by atoms with E-state index in [4.69, 9.17) is 0 Å². The van der Waals surface area contributed by atoms with Gasteiger partial charge in [0.2, 0.25) is 0 Å². The first-order valence-corrected chi connectivity index (χ1v) is 10.6. The third-order valence-electron chi connectivity index (χ3n) is 5.96. The minimum absolute atomic E-state index is 0.00106. The average Bonchev–Trinajstić information content (AvgIpc) is 2.71. The lowest BCUT2D eigenvalue weighted by Crippen LogP contribution is -2.62. The number of amides is 1. The standard InChI is InChI=1S/C22H25N3O2S/c1-14-21(16-8-11-25(14)12-9-16)24-22(27)17-3-5-19(6-4-17)28-20-13-18(15(2)26)7-10-23-20/h3-7,10,13-14,16,21H,8-9,11-12H2,1-2H3,(H,24,27)/t14-,21-/m0/s1. The van der Waals surface area contributed by atoms with E-state index >= 15 is 0 Å². The van der Waals surface area contributed by atoms with Gasteiger partial charge in [0, 0.05) is 34.3 Å². The van der Waals surface area contributed by atoms with Crippen LogP contribution in [0.2, 0.25) is 0 Å². The Kier molecular flexibility index (Phi) is 5.51. The van der Waals surface area contributed by atoms with Crippen LogP contribution in [0, 0.1) is 5.92 Å². The summed E-state index contributed by atoms with van der Waals surface area (Å²) in [7, 11) is 0. The molecule has 3 saturated heterocycles. The van der Waals surface area contributed by atoms with Crippen LogP contribution in [0.25, 0.3) is 0 Å². The van der Waals surface area contributed by atoms with Gasteiger partial charge in [0.15, 0.2) is 5.78 Å². The lowest BCUT2D eigenvalue weighted by atomic mass is 9.79. The van der Waals surface area contributed by atoms with Crippen LogP contribution in [-0.2, 0) is 0 Å². The number of ketones is 1. The maximum absolute atomic E-state index is 12.7. The molecule has 0 saturated carbocycles. The van der Waals surface area contributed by atoms with Crippen molar-refractivity contribution in [3.8, 4) is 0 Å². The molecule has 1 N–H and O–H groups in total. The van der Waals surface area contributed by atoms with Gasteiger partial charge in [-0.05, 0) is 82.1 Å². The number of carbonyl (C=O) groups excluding carboxylic acids is 2. The lowest BCUT2D eigenvalue weighted by molar-refractivity contribution is 0.0217. The molecule has 0 radical (unpaired) electrons. The molecule has 1 aromatic carbocycles. The Hall–Kier alpha value is -2.18. The number of Topliss-reactive ketones (excluding diaryl/α,β-unsaturated/α-hetero) is 1. The fourth-order valence-corrected chi connectivity index (χ4v) is 5.07. The van der Waals surface area contributed by atoms with Crippen molar-refractivity contribution in [2.75, 3.05) is 13.1 Å². The molecule has 0 spiro atoms. The van der Waals surface area contributed by atoms with Crippen molar-refractivity contribution < 1.29 is 9.59 Å². The number of nitrogens with zero attached hydrogens (tertiary/aromatic N) is 2. The first-order valence-electron chi connectivity index (χ1n) is 9.81. The van der Waals surface area contributed by atoms with Crippen LogP contribution in [0.5, 0.6) is 0 Å². The summed E-state index contributed by atoms with van der Waals surface area (Å²) in [5.41, 5.74) is 1.33. The molecule has 0 aliphatic carbocycles. The molecule has 2 atom stereocenters. The van der Waals surface area contributed by atoms with Gasteiger partial charge < -0.3 is 5.32 Å². The van der Waals surface area contributed by atoms with Gasteiger partial charge in [-0.1, -0.05) is 11.8 Å². The van der Waals surface area contributed by atoms with Crippen LogP contribution in [0.1, 0.15) is 47.4 Å². The third kappa shape index (κ3) is 3.98. The molecule has 2 bridgehead atoms. The molecular formula is C22H25N3O2S. The molecule has 6 heteroatoms. The van der Waals surface area contributed by atoms with Gasteiger partial charge in [0.25, 0.3) is 5.91 Å². The maximum atomic E-state index is 12.7. The van der Waals surface area contributed by atoms with Crippen LogP contribution in [0.15, 0.2) is 52.5 Å². The van der Waals surface area contributed by atoms with Crippen LogP contribution in [-0.4, -0.2) is 46.7 Å². The summed E-state index contributed by atoms with van der Waals surface area (Å²) in [6.07, 6.45) is 4.00. The van der Waals surface area contributed by atoms with Crippen LogP contribution < -0.4 is 5.32 Å². The van der Waals surface area contributed by atoms with E-state index in [0.717, 1.165) is 23.0 Å². The summed E-state index contributed by atoms with van der Waals surface area (Å²) in [5.74, 6) is 0.621. The van der Waals surface area contributed by atoms with E-state index in [-0.39, 0.29) is 17.7 Å². The van der Waals surface area contributed by atoms with E-state index in [0.29, 0.717) is 23.1 Å². The molecule has 28 heavy (non-hydrogen) atoms. The second kappa shape index (κ2) is 8.05. The first-order chi connectivity index (χ1) is 13.5. The Balaban J connectivity index is 1.41. The number of benzene rings is 1. The summed E-state index contributed by atoms with van der Waals surface area (Å²) < 4.78 is 0. The van der Waals surface area contributed by atoms with Gasteiger partial charge >= 0.3 is 0 Å². The molecule has 0 unspecified atom stereocenters. The van der Waals surface area contributed by atoms with Crippen molar-refractivity contribution in [1.29, 1.82) is 0 Å². The quantitative estimate of drug-likeness (QED) is 0.783. The third-order valence-corrected chi connectivity index (χ3v) is 6.90. The molecule has 1 amide bonds. The van der Waals surface area contributed by atoms with Crippen LogP contribution in [0.3, 0.4) is 0 Å². The number of carbonyl (C=O) groups is 2. The minimum Gasteiger partial charge on any atom is -0.347 e. The molecule has 3 aliphatic heterocycles. The summed E-state index contributed by atoms with van der Waals surface area (Å²) in [5, 5.41) is 4.04. The molecule has 2 aromatic rings. The van der Waals surface area contributed by atoms with E-state index < -0.39 is 0 Å². The molecule has 5 rings (SSSR count). The van der Waals surface area contributed by atoms with E-state index in [9.17, 15) is 9.59 Å². The Bertz CT molecular complexity index is 874. The number of fused-ring (bicyclic) bond motifs is 3. The maximum Gasteiger partial charge on any atom is 0.251 e. The SMILES string of the molecule is CC(=O)c1ccnc(Sc2ccc(C(=O)N[C@@H]3C4CCN(CC4)[C@H]3C)cc2)c1.